The van der Waals surface area contributed by atoms with Crippen molar-refractivity contribution in [2.75, 3.05) is 25.4 Å². The summed E-state index contributed by atoms with van der Waals surface area (Å²) in [7, 11) is 0. The van der Waals surface area contributed by atoms with E-state index in [0.29, 0.717) is 11.2 Å². The van der Waals surface area contributed by atoms with Crippen LogP contribution in [0.5, 0.6) is 0 Å². The summed E-state index contributed by atoms with van der Waals surface area (Å²) in [4.78, 5) is 14.3. The molecule has 0 spiro atoms. The van der Waals surface area contributed by atoms with E-state index < -0.39 is 0 Å². The van der Waals surface area contributed by atoms with Crippen molar-refractivity contribution in [1.29, 1.82) is 0 Å². The minimum absolute atomic E-state index is 0. The molecule has 0 aromatic heterocycles. The molecule has 0 aliphatic carbocycles. The Bertz CT molecular complexity index is 247. The van der Waals surface area contributed by atoms with Crippen LogP contribution < -0.4 is 5.32 Å². The number of carbonyl (C=O) groups is 1. The second-order valence-corrected chi connectivity index (χ2v) is 6.10. The molecular weight excluding hydrogens is 256 g/mol. The summed E-state index contributed by atoms with van der Waals surface area (Å²) in [5.74, 6) is 1.45. The van der Waals surface area contributed by atoms with Gasteiger partial charge in [-0.2, -0.15) is 11.8 Å². The standard InChI is InChI=1S/C12H22N2OS.ClH/c1-2-10-9-14(7-8-16-10)12(15)11-5-3-4-6-13-11;/h10-11,13H,2-9H2,1H3;1H/t10?,11-;/m1./s1. The fraction of sp³-hybridized carbons (Fsp3) is 0.917. The van der Waals surface area contributed by atoms with Crippen LogP contribution in [0.15, 0.2) is 0 Å². The van der Waals surface area contributed by atoms with Crippen molar-refractivity contribution in [3.05, 3.63) is 0 Å². The molecule has 1 unspecified atom stereocenters. The molecule has 100 valence electrons. The van der Waals surface area contributed by atoms with Crippen LogP contribution in [0.4, 0.5) is 0 Å². The third-order valence-corrected chi connectivity index (χ3v) is 4.89. The number of rotatable bonds is 2. The van der Waals surface area contributed by atoms with Gasteiger partial charge in [-0.25, -0.2) is 0 Å². The smallest absolute Gasteiger partial charge is 0.239 e. The number of nitrogens with one attached hydrogen (secondary N) is 1. The highest BCUT2D eigenvalue weighted by molar-refractivity contribution is 8.00. The summed E-state index contributed by atoms with van der Waals surface area (Å²) in [6.07, 6.45) is 4.62. The molecule has 1 N–H and O–H groups in total. The second kappa shape index (κ2) is 7.49. The number of carbonyl (C=O) groups excluding carboxylic acids is 1. The monoisotopic (exact) mass is 278 g/mol. The molecular formula is C12H23ClN2OS. The molecule has 2 aliphatic heterocycles. The number of halogens is 1. The van der Waals surface area contributed by atoms with Gasteiger partial charge >= 0.3 is 0 Å². The van der Waals surface area contributed by atoms with E-state index in [-0.39, 0.29) is 18.4 Å². The summed E-state index contributed by atoms with van der Waals surface area (Å²) in [6.45, 7) is 5.12. The summed E-state index contributed by atoms with van der Waals surface area (Å²) in [5, 5.41) is 4.00. The molecule has 2 saturated heterocycles. The highest BCUT2D eigenvalue weighted by atomic mass is 35.5. The minimum Gasteiger partial charge on any atom is -0.339 e. The molecule has 2 aliphatic rings. The number of nitrogens with zero attached hydrogens (tertiary/aromatic N) is 1. The third kappa shape index (κ3) is 4.04. The average molecular weight is 279 g/mol. The van der Waals surface area contributed by atoms with Crippen molar-refractivity contribution < 1.29 is 4.79 Å². The first-order valence-corrected chi connectivity index (χ1v) is 7.50. The lowest BCUT2D eigenvalue weighted by Crippen LogP contribution is -2.52. The van der Waals surface area contributed by atoms with E-state index in [9.17, 15) is 4.79 Å². The van der Waals surface area contributed by atoms with Crippen LogP contribution in [-0.4, -0.2) is 47.5 Å². The van der Waals surface area contributed by atoms with Gasteiger partial charge in [0.1, 0.15) is 0 Å². The number of piperidine rings is 1. The van der Waals surface area contributed by atoms with E-state index in [2.05, 4.69) is 17.1 Å². The Balaban J connectivity index is 0.00000144. The zero-order valence-corrected chi connectivity index (χ0v) is 12.1. The number of amides is 1. The summed E-state index contributed by atoms with van der Waals surface area (Å²) < 4.78 is 0. The van der Waals surface area contributed by atoms with E-state index in [4.69, 9.17) is 0 Å². The highest BCUT2D eigenvalue weighted by Crippen LogP contribution is 2.22. The lowest BCUT2D eigenvalue weighted by atomic mass is 10.0. The predicted molar refractivity (Wildman–Crippen MR) is 76.0 cm³/mol. The van der Waals surface area contributed by atoms with E-state index in [0.717, 1.165) is 31.8 Å². The zero-order chi connectivity index (χ0) is 11.4. The highest BCUT2D eigenvalue weighted by Gasteiger charge is 2.29. The second-order valence-electron chi connectivity index (χ2n) is 4.69. The molecule has 1 amide bonds. The van der Waals surface area contributed by atoms with Crippen molar-refractivity contribution in [3.63, 3.8) is 0 Å². The number of hydrogen-bond donors (Lipinski definition) is 1. The largest absolute Gasteiger partial charge is 0.339 e. The van der Waals surface area contributed by atoms with Gasteiger partial charge < -0.3 is 10.2 Å². The van der Waals surface area contributed by atoms with Crippen LogP contribution in [0.1, 0.15) is 32.6 Å². The Labute approximate surface area is 114 Å². The molecule has 0 radical (unpaired) electrons. The Morgan fingerprint density at radius 2 is 2.29 bits per heavy atom. The van der Waals surface area contributed by atoms with Crippen molar-refractivity contribution in [1.82, 2.24) is 10.2 Å². The molecule has 2 rings (SSSR count). The normalized spacial score (nSPS) is 29.6. The fourth-order valence-corrected chi connectivity index (χ4v) is 3.63. The van der Waals surface area contributed by atoms with Crippen molar-refractivity contribution in [2.45, 2.75) is 43.9 Å². The van der Waals surface area contributed by atoms with Gasteiger partial charge in [0.25, 0.3) is 0 Å². The fourth-order valence-electron chi connectivity index (χ4n) is 2.45. The van der Waals surface area contributed by atoms with E-state index in [1.165, 1.54) is 19.3 Å². The van der Waals surface area contributed by atoms with Crippen LogP contribution >= 0.6 is 24.2 Å². The van der Waals surface area contributed by atoms with Gasteiger partial charge in [0.05, 0.1) is 6.04 Å². The minimum atomic E-state index is 0. The molecule has 0 saturated carbocycles. The molecule has 17 heavy (non-hydrogen) atoms. The van der Waals surface area contributed by atoms with Crippen LogP contribution in [0, 0.1) is 0 Å². The van der Waals surface area contributed by atoms with Crippen molar-refractivity contribution >= 4 is 30.1 Å². The maximum atomic E-state index is 12.3. The van der Waals surface area contributed by atoms with Gasteiger partial charge in [0, 0.05) is 24.1 Å². The van der Waals surface area contributed by atoms with Crippen molar-refractivity contribution in [3.8, 4) is 0 Å². The topological polar surface area (TPSA) is 32.3 Å². The zero-order valence-electron chi connectivity index (χ0n) is 10.5. The van der Waals surface area contributed by atoms with Gasteiger partial charge in [-0.05, 0) is 25.8 Å². The van der Waals surface area contributed by atoms with Crippen LogP contribution in [0.2, 0.25) is 0 Å². The molecule has 2 fully saturated rings. The Kier molecular flexibility index (Phi) is 6.67. The first kappa shape index (κ1) is 15.1. The first-order chi connectivity index (χ1) is 7.81. The maximum Gasteiger partial charge on any atom is 0.239 e. The molecule has 2 heterocycles. The Morgan fingerprint density at radius 3 is 2.94 bits per heavy atom. The molecule has 2 atom stereocenters. The first-order valence-electron chi connectivity index (χ1n) is 6.45. The van der Waals surface area contributed by atoms with Gasteiger partial charge in [0.2, 0.25) is 5.91 Å². The van der Waals surface area contributed by atoms with Gasteiger partial charge in [-0.1, -0.05) is 13.3 Å². The number of hydrogen-bond acceptors (Lipinski definition) is 3. The van der Waals surface area contributed by atoms with E-state index in [1.54, 1.807) is 0 Å². The van der Waals surface area contributed by atoms with Gasteiger partial charge in [-0.3, -0.25) is 4.79 Å². The summed E-state index contributed by atoms with van der Waals surface area (Å²) in [5.41, 5.74) is 0. The van der Waals surface area contributed by atoms with Gasteiger partial charge in [0.15, 0.2) is 0 Å². The van der Waals surface area contributed by atoms with Crippen LogP contribution in [-0.2, 0) is 4.79 Å². The predicted octanol–water partition coefficient (Wildman–Crippen LogP) is 1.90. The average Bonchev–Trinajstić information content (AvgIpc) is 2.39. The Morgan fingerprint density at radius 1 is 1.47 bits per heavy atom. The molecule has 0 aromatic rings. The molecule has 0 bridgehead atoms. The molecule has 3 nitrogen and oxygen atoms in total. The van der Waals surface area contributed by atoms with Crippen LogP contribution in [0.25, 0.3) is 0 Å². The van der Waals surface area contributed by atoms with E-state index >= 15 is 0 Å². The SMILES string of the molecule is CCC1CN(C(=O)[C@H]2CCCCN2)CCS1.Cl. The molecule has 0 aromatic carbocycles. The summed E-state index contributed by atoms with van der Waals surface area (Å²) >= 11 is 2.02. The van der Waals surface area contributed by atoms with Gasteiger partial charge in [-0.15, -0.1) is 12.4 Å². The molecule has 5 heteroatoms. The van der Waals surface area contributed by atoms with Crippen molar-refractivity contribution in [2.24, 2.45) is 0 Å². The lowest BCUT2D eigenvalue weighted by molar-refractivity contribution is -0.133. The van der Waals surface area contributed by atoms with E-state index in [1.807, 2.05) is 11.8 Å². The lowest BCUT2D eigenvalue weighted by Gasteiger charge is -2.35. The maximum absolute atomic E-state index is 12.3. The summed E-state index contributed by atoms with van der Waals surface area (Å²) in [6, 6.07) is 0.106. The van der Waals surface area contributed by atoms with Crippen LogP contribution in [0.3, 0.4) is 0 Å². The Hall–Kier alpha value is 0.0700. The number of thioether (sulfide) groups is 1. The third-order valence-electron chi connectivity index (χ3n) is 3.51. The quantitative estimate of drug-likeness (QED) is 0.837.